The van der Waals surface area contributed by atoms with Crippen molar-refractivity contribution < 1.29 is 24.6 Å². The monoisotopic (exact) mass is 341 g/mol. The van der Waals surface area contributed by atoms with Crippen LogP contribution in [0.4, 0.5) is 0 Å². The van der Waals surface area contributed by atoms with Gasteiger partial charge < -0.3 is 10.2 Å². The Morgan fingerprint density at radius 2 is 1.05 bits per heavy atom. The highest BCUT2D eigenvalue weighted by Gasteiger charge is 2.02. The molecule has 22 heavy (non-hydrogen) atoms. The summed E-state index contributed by atoms with van der Waals surface area (Å²) >= 11 is 0. The lowest BCUT2D eigenvalue weighted by Gasteiger charge is -2.08. The van der Waals surface area contributed by atoms with Crippen molar-refractivity contribution in [2.45, 2.75) is 79.1 Å². The Morgan fingerprint density at radius 1 is 0.773 bits per heavy atom. The smallest absolute Gasteiger partial charge is 0.396 e. The molecule has 2 atom stereocenters. The second kappa shape index (κ2) is 23.2. The first kappa shape index (κ1) is 26.8. The van der Waals surface area contributed by atoms with Crippen LogP contribution in [0.15, 0.2) is 0 Å². The summed E-state index contributed by atoms with van der Waals surface area (Å²) in [6, 6.07) is 0. The van der Waals surface area contributed by atoms with Gasteiger partial charge in [-0.15, -0.1) is 9.79 Å². The van der Waals surface area contributed by atoms with E-state index in [9.17, 15) is 0 Å². The first-order valence-corrected chi connectivity index (χ1v) is 9.66. The largest absolute Gasteiger partial charge is 0.692 e. The minimum atomic E-state index is -2.87. The highest BCUT2D eigenvalue weighted by atomic mass is 31.1. The van der Waals surface area contributed by atoms with E-state index in [1.54, 1.807) is 0 Å². The van der Waals surface area contributed by atoms with Gasteiger partial charge in [-0.05, 0) is 24.7 Å². The molecule has 0 saturated heterocycles. The van der Waals surface area contributed by atoms with Crippen LogP contribution in [0.2, 0.25) is 0 Å². The van der Waals surface area contributed by atoms with Crippen LogP contribution >= 0.6 is 8.25 Å². The lowest BCUT2D eigenvalue weighted by atomic mass is 10.0. The minimum absolute atomic E-state index is 0.372. The molecule has 0 aromatic heterocycles. The fraction of sp³-hybridized carbons (Fsp3) is 1.00. The molecule has 0 aromatic carbocycles. The van der Waals surface area contributed by atoms with Gasteiger partial charge >= 0.3 is 8.25 Å². The quantitative estimate of drug-likeness (QED) is 0.450. The molecule has 0 aliphatic carbocycles. The van der Waals surface area contributed by atoms with Crippen molar-refractivity contribution >= 4 is 8.25 Å². The molecule has 136 valence electrons. The molecule has 0 fully saturated rings. The Balaban J connectivity index is -0.000000266. The van der Waals surface area contributed by atoms with Crippen molar-refractivity contribution in [3.05, 3.63) is 0 Å². The summed E-state index contributed by atoms with van der Waals surface area (Å²) in [5, 5.41) is 17.5. The Hall–Kier alpha value is -0.0600. The van der Waals surface area contributed by atoms with Gasteiger partial charge in [-0.2, -0.15) is 0 Å². The van der Waals surface area contributed by atoms with Crippen molar-refractivity contribution in [1.82, 2.24) is 0 Å². The summed E-state index contributed by atoms with van der Waals surface area (Å²) in [5.41, 5.74) is 0. The predicted octanol–water partition coefficient (Wildman–Crippen LogP) is 4.02. The number of aliphatic hydroxyl groups is 2. The lowest BCUT2D eigenvalue weighted by molar-refractivity contribution is 0.212. The topological polar surface area (TPSA) is 98.0 Å². The number of hydrogen-bond donors (Lipinski definition) is 4. The summed E-state index contributed by atoms with van der Waals surface area (Å²) in [7, 11) is -2.87. The van der Waals surface area contributed by atoms with Gasteiger partial charge in [0.2, 0.25) is 0 Å². The zero-order valence-corrected chi connectivity index (χ0v) is 15.8. The average molecular weight is 341 g/mol. The van der Waals surface area contributed by atoms with E-state index in [1.165, 1.54) is 38.5 Å². The van der Waals surface area contributed by atoms with Crippen LogP contribution < -0.4 is 0 Å². The van der Waals surface area contributed by atoms with Crippen molar-refractivity contribution in [2.75, 3.05) is 13.2 Å². The first-order chi connectivity index (χ1) is 10.4. The van der Waals surface area contributed by atoms with Gasteiger partial charge in [0.25, 0.3) is 0 Å². The van der Waals surface area contributed by atoms with Crippen molar-refractivity contribution in [3.8, 4) is 0 Å². The van der Waals surface area contributed by atoms with Gasteiger partial charge in [-0.1, -0.05) is 66.2 Å². The summed E-state index contributed by atoms with van der Waals surface area (Å²) in [5.74, 6) is 1.12. The molecule has 4 N–H and O–H groups in total. The van der Waals surface area contributed by atoms with E-state index in [1.807, 2.05) is 0 Å². The van der Waals surface area contributed by atoms with Gasteiger partial charge in [-0.25, -0.2) is 0 Å². The molecule has 0 aromatic rings. The molecule has 0 aliphatic rings. The molecule has 0 aliphatic heterocycles. The number of hydrogen-bond acceptors (Lipinski definition) is 3. The van der Waals surface area contributed by atoms with E-state index in [0.29, 0.717) is 25.0 Å². The lowest BCUT2D eigenvalue weighted by Crippen LogP contribution is -2.03. The predicted molar refractivity (Wildman–Crippen MR) is 92.8 cm³/mol. The maximum Gasteiger partial charge on any atom is 0.692 e. The molecule has 0 spiro atoms. The van der Waals surface area contributed by atoms with Crippen LogP contribution in [0, 0.1) is 11.8 Å². The Kier molecular flexibility index (Phi) is 28.3. The molecule has 0 amide bonds. The Bertz CT molecular complexity index is 187. The van der Waals surface area contributed by atoms with Gasteiger partial charge in [0, 0.05) is 17.8 Å². The number of aliphatic hydroxyl groups excluding tert-OH is 2. The zero-order chi connectivity index (χ0) is 17.8. The van der Waals surface area contributed by atoms with Crippen LogP contribution in [0.5, 0.6) is 0 Å². The number of unbranched alkanes of at least 4 members (excludes halogenated alkanes) is 2. The second-order valence-corrected chi connectivity index (χ2v) is 5.96. The fourth-order valence-corrected chi connectivity index (χ4v) is 1.83. The highest BCUT2D eigenvalue weighted by molar-refractivity contribution is 7.30. The van der Waals surface area contributed by atoms with Crippen molar-refractivity contribution in [3.63, 3.8) is 0 Å². The van der Waals surface area contributed by atoms with Crippen LogP contribution in [0.1, 0.15) is 79.1 Å². The summed E-state index contributed by atoms with van der Waals surface area (Å²) in [4.78, 5) is 14.2. The minimum Gasteiger partial charge on any atom is -0.396 e. The first-order valence-electron chi connectivity index (χ1n) is 8.49. The summed E-state index contributed by atoms with van der Waals surface area (Å²) < 4.78 is 8.70. The van der Waals surface area contributed by atoms with E-state index < -0.39 is 8.25 Å². The van der Waals surface area contributed by atoms with E-state index in [-0.39, 0.29) is 0 Å². The zero-order valence-electron chi connectivity index (χ0n) is 14.9. The average Bonchev–Trinajstić information content (AvgIpc) is 2.50. The van der Waals surface area contributed by atoms with Crippen LogP contribution in [0.3, 0.4) is 0 Å². The summed E-state index contributed by atoms with van der Waals surface area (Å²) in [6.07, 6.45) is 9.66. The van der Waals surface area contributed by atoms with Gasteiger partial charge in [0.05, 0.1) is 0 Å². The van der Waals surface area contributed by atoms with E-state index in [2.05, 4.69) is 27.7 Å². The van der Waals surface area contributed by atoms with Gasteiger partial charge in [0.1, 0.15) is 0 Å². The third-order valence-corrected chi connectivity index (χ3v) is 3.60. The molecule has 6 heteroatoms. The second-order valence-electron chi connectivity index (χ2n) is 5.45. The molecule has 0 rings (SSSR count). The molecule has 0 radical (unpaired) electrons. The molecule has 0 bridgehead atoms. The Morgan fingerprint density at radius 3 is 1.18 bits per heavy atom. The van der Waals surface area contributed by atoms with Crippen LogP contribution in [-0.2, 0) is 4.57 Å². The Labute approximate surface area is 137 Å². The van der Waals surface area contributed by atoms with Crippen molar-refractivity contribution in [1.29, 1.82) is 0 Å². The van der Waals surface area contributed by atoms with Crippen LogP contribution in [-0.4, -0.2) is 33.2 Å². The third kappa shape index (κ3) is 28.2. The van der Waals surface area contributed by atoms with Gasteiger partial charge in [0.15, 0.2) is 0 Å². The maximum atomic E-state index is 8.75. The third-order valence-electron chi connectivity index (χ3n) is 3.60. The van der Waals surface area contributed by atoms with Gasteiger partial charge in [-0.3, -0.25) is 0 Å². The van der Waals surface area contributed by atoms with E-state index >= 15 is 0 Å². The molecule has 2 unspecified atom stereocenters. The SMILES string of the molecule is CCCCC(CC)CO.CCCCC(CC)CO.O=[P+](O)O. The standard InChI is InChI=1S/2C8H18O.HO3P/c2*1-3-5-6-8(4-2)7-9;1-4(2)3/h2*8-9H,3-7H2,1-2H3;(H-,1,2,3)/p+1. The van der Waals surface area contributed by atoms with Crippen LogP contribution in [0.25, 0.3) is 0 Å². The van der Waals surface area contributed by atoms with E-state index in [0.717, 1.165) is 12.8 Å². The normalized spacial score (nSPS) is 12.4. The molecule has 5 nitrogen and oxygen atoms in total. The molecular formula is C16H38O5P+. The maximum absolute atomic E-state index is 8.75. The molecule has 0 heterocycles. The highest BCUT2D eigenvalue weighted by Crippen LogP contribution is 2.11. The fourth-order valence-electron chi connectivity index (χ4n) is 1.83. The molecule has 0 saturated carbocycles. The summed E-state index contributed by atoms with van der Waals surface area (Å²) in [6.45, 7) is 9.38. The van der Waals surface area contributed by atoms with Crippen molar-refractivity contribution in [2.24, 2.45) is 11.8 Å². The molecular weight excluding hydrogens is 303 g/mol. The van der Waals surface area contributed by atoms with E-state index in [4.69, 9.17) is 24.6 Å². The number of rotatable bonds is 10.